The first-order valence-corrected chi connectivity index (χ1v) is 9.00. The zero-order valence-corrected chi connectivity index (χ0v) is 16.0. The molecule has 7 heteroatoms. The highest BCUT2D eigenvalue weighted by Crippen LogP contribution is 2.05. The van der Waals surface area contributed by atoms with Gasteiger partial charge < -0.3 is 19.9 Å². The number of nitrogens with one attached hydrogen (secondary N) is 2. The van der Waals surface area contributed by atoms with Gasteiger partial charge in [0.2, 0.25) is 11.8 Å². The Morgan fingerprint density at radius 1 is 1.23 bits per heavy atom. The number of hydrogen-bond donors (Lipinski definition) is 2. The fourth-order valence-corrected chi connectivity index (χ4v) is 2.57. The molecule has 26 heavy (non-hydrogen) atoms. The Bertz CT molecular complexity index is 707. The molecule has 0 aliphatic carbocycles. The number of fused-ring (bicyclic) bond motifs is 1. The van der Waals surface area contributed by atoms with Crippen molar-refractivity contribution in [3.63, 3.8) is 0 Å². The fraction of sp³-hybridized carbons (Fsp3) is 0.526. The zero-order chi connectivity index (χ0) is 19.1. The number of amides is 2. The summed E-state index contributed by atoms with van der Waals surface area (Å²) in [6.07, 6.45) is 5.28. The van der Waals surface area contributed by atoms with E-state index >= 15 is 0 Å². The van der Waals surface area contributed by atoms with Gasteiger partial charge in [-0.05, 0) is 46.5 Å². The van der Waals surface area contributed by atoms with Gasteiger partial charge in [-0.2, -0.15) is 0 Å². The van der Waals surface area contributed by atoms with Crippen LogP contribution in [0.25, 0.3) is 5.65 Å². The number of carbonyl (C=O) groups is 2. The number of nitrogens with zero attached hydrogens (tertiary/aromatic N) is 3. The van der Waals surface area contributed by atoms with Crippen LogP contribution in [-0.4, -0.2) is 58.8 Å². The fourth-order valence-electron chi connectivity index (χ4n) is 2.57. The zero-order valence-electron chi connectivity index (χ0n) is 16.0. The number of hydrogen-bond acceptors (Lipinski definition) is 4. The van der Waals surface area contributed by atoms with Gasteiger partial charge in [-0.25, -0.2) is 4.98 Å². The molecule has 0 aliphatic rings. The van der Waals surface area contributed by atoms with E-state index < -0.39 is 0 Å². The van der Waals surface area contributed by atoms with Gasteiger partial charge in [-0.3, -0.25) is 9.59 Å². The van der Waals surface area contributed by atoms with Gasteiger partial charge in [-0.15, -0.1) is 0 Å². The van der Waals surface area contributed by atoms with Gasteiger partial charge in [0.1, 0.15) is 5.65 Å². The largest absolute Gasteiger partial charge is 0.354 e. The molecule has 2 rings (SSSR count). The molecule has 7 nitrogen and oxygen atoms in total. The lowest BCUT2D eigenvalue weighted by molar-refractivity contribution is -0.123. The maximum absolute atomic E-state index is 12.2. The Morgan fingerprint density at radius 2 is 2.00 bits per heavy atom. The Hall–Kier alpha value is -2.41. The lowest BCUT2D eigenvalue weighted by atomic mass is 10.1. The minimum Gasteiger partial charge on any atom is -0.354 e. The third-order valence-corrected chi connectivity index (χ3v) is 4.44. The molecule has 2 aromatic heterocycles. The van der Waals surface area contributed by atoms with Crippen LogP contribution in [0.1, 0.15) is 32.4 Å². The Labute approximate surface area is 154 Å². The van der Waals surface area contributed by atoms with Crippen molar-refractivity contribution in [2.24, 2.45) is 0 Å². The van der Waals surface area contributed by atoms with E-state index in [1.165, 1.54) is 0 Å². The van der Waals surface area contributed by atoms with Crippen LogP contribution in [0.3, 0.4) is 0 Å². The molecule has 0 spiro atoms. The van der Waals surface area contributed by atoms with E-state index in [-0.39, 0.29) is 24.3 Å². The first-order chi connectivity index (χ1) is 12.3. The van der Waals surface area contributed by atoms with Crippen LogP contribution in [0.4, 0.5) is 0 Å². The maximum atomic E-state index is 12.2. The molecule has 0 saturated carbocycles. The molecular formula is C19H29N5O2. The average molecular weight is 359 g/mol. The molecule has 0 aromatic carbocycles. The van der Waals surface area contributed by atoms with Crippen LogP contribution < -0.4 is 10.6 Å². The molecule has 0 aliphatic heterocycles. The second kappa shape index (κ2) is 9.33. The van der Waals surface area contributed by atoms with E-state index in [0.717, 1.165) is 17.8 Å². The highest BCUT2D eigenvalue weighted by Gasteiger charge is 2.12. The highest BCUT2D eigenvalue weighted by molar-refractivity contribution is 5.79. The summed E-state index contributed by atoms with van der Waals surface area (Å²) in [6, 6.07) is 5.97. The standard InChI is InChI=1S/C19H29N5O2/c1-14(12-20-18(25)9-8-15(2)23(3)4)21-19(26)11-16-13-24-10-6-5-7-17(24)22-16/h5-7,10,13-15H,8-9,11-12H2,1-4H3,(H,20,25)(H,21,26)/t14-,15?/m0/s1. The third-order valence-electron chi connectivity index (χ3n) is 4.44. The van der Waals surface area contributed by atoms with Crippen LogP contribution in [0.2, 0.25) is 0 Å². The van der Waals surface area contributed by atoms with Gasteiger partial charge >= 0.3 is 0 Å². The van der Waals surface area contributed by atoms with E-state index in [1.54, 1.807) is 0 Å². The smallest absolute Gasteiger partial charge is 0.226 e. The van der Waals surface area contributed by atoms with Crippen LogP contribution in [0.15, 0.2) is 30.6 Å². The normalized spacial score (nSPS) is 13.6. The Kier molecular flexibility index (Phi) is 7.15. The lowest BCUT2D eigenvalue weighted by Crippen LogP contribution is -2.42. The predicted octanol–water partition coefficient (Wildman–Crippen LogP) is 1.23. The molecule has 2 N–H and O–H groups in total. The van der Waals surface area contributed by atoms with Gasteiger partial charge in [0.15, 0.2) is 0 Å². The Morgan fingerprint density at radius 3 is 2.69 bits per heavy atom. The second-order valence-corrected chi connectivity index (χ2v) is 7.00. The molecule has 142 valence electrons. The average Bonchev–Trinajstić information content (AvgIpc) is 2.99. The third kappa shape index (κ3) is 6.15. The van der Waals surface area contributed by atoms with Gasteiger partial charge in [0.25, 0.3) is 0 Å². The minimum absolute atomic E-state index is 0.0140. The second-order valence-electron chi connectivity index (χ2n) is 7.00. The van der Waals surface area contributed by atoms with Crippen molar-refractivity contribution in [3.8, 4) is 0 Å². The van der Waals surface area contributed by atoms with Crippen molar-refractivity contribution < 1.29 is 9.59 Å². The van der Waals surface area contributed by atoms with Crippen LogP contribution in [0.5, 0.6) is 0 Å². The molecule has 2 aromatic rings. The van der Waals surface area contributed by atoms with Crippen molar-refractivity contribution in [1.29, 1.82) is 0 Å². The van der Waals surface area contributed by atoms with Crippen molar-refractivity contribution in [1.82, 2.24) is 24.9 Å². The lowest BCUT2D eigenvalue weighted by Gasteiger charge is -2.19. The molecule has 1 unspecified atom stereocenters. The summed E-state index contributed by atoms with van der Waals surface area (Å²) in [5, 5.41) is 5.78. The molecule has 0 radical (unpaired) electrons. The first-order valence-electron chi connectivity index (χ1n) is 9.00. The van der Waals surface area contributed by atoms with Crippen molar-refractivity contribution in [2.45, 2.75) is 45.2 Å². The number of rotatable bonds is 9. The summed E-state index contributed by atoms with van der Waals surface area (Å²) < 4.78 is 1.89. The van der Waals surface area contributed by atoms with Gasteiger partial charge in [0, 0.05) is 37.4 Å². The predicted molar refractivity (Wildman–Crippen MR) is 102 cm³/mol. The summed E-state index contributed by atoms with van der Waals surface area (Å²) in [5.41, 5.74) is 1.55. The van der Waals surface area contributed by atoms with Crippen molar-refractivity contribution in [2.75, 3.05) is 20.6 Å². The summed E-state index contributed by atoms with van der Waals surface area (Å²) in [5.74, 6) is -0.0865. The molecular weight excluding hydrogens is 330 g/mol. The minimum atomic E-state index is -0.130. The number of imidazole rings is 1. The van der Waals surface area contributed by atoms with Gasteiger partial charge in [0.05, 0.1) is 12.1 Å². The summed E-state index contributed by atoms with van der Waals surface area (Å²) in [4.78, 5) is 30.6. The van der Waals surface area contributed by atoms with E-state index in [4.69, 9.17) is 0 Å². The quantitative estimate of drug-likeness (QED) is 0.706. The van der Waals surface area contributed by atoms with E-state index in [1.807, 2.05) is 56.0 Å². The number of carbonyl (C=O) groups excluding carboxylic acids is 2. The van der Waals surface area contributed by atoms with E-state index in [0.29, 0.717) is 19.0 Å². The monoisotopic (exact) mass is 359 g/mol. The molecule has 2 atom stereocenters. The molecule has 0 bridgehead atoms. The van der Waals surface area contributed by atoms with Crippen LogP contribution in [-0.2, 0) is 16.0 Å². The van der Waals surface area contributed by atoms with Crippen LogP contribution in [0, 0.1) is 0 Å². The van der Waals surface area contributed by atoms with Crippen molar-refractivity contribution in [3.05, 3.63) is 36.3 Å². The number of pyridine rings is 1. The van der Waals surface area contributed by atoms with Gasteiger partial charge in [-0.1, -0.05) is 6.07 Å². The van der Waals surface area contributed by atoms with Crippen molar-refractivity contribution >= 4 is 17.5 Å². The number of aromatic nitrogens is 2. The highest BCUT2D eigenvalue weighted by atomic mass is 16.2. The molecule has 0 fully saturated rings. The first kappa shape index (κ1) is 19.9. The SMILES string of the molecule is CC(CCC(=O)NC[C@H](C)NC(=O)Cc1cn2ccccc2n1)N(C)C. The molecule has 2 amide bonds. The summed E-state index contributed by atoms with van der Waals surface area (Å²) >= 11 is 0. The maximum Gasteiger partial charge on any atom is 0.226 e. The van der Waals surface area contributed by atoms with E-state index in [2.05, 4.69) is 27.4 Å². The topological polar surface area (TPSA) is 78.7 Å². The summed E-state index contributed by atoms with van der Waals surface area (Å²) in [7, 11) is 4.01. The molecule has 0 saturated heterocycles. The molecule has 2 heterocycles. The van der Waals surface area contributed by atoms with Crippen LogP contribution >= 0.6 is 0 Å². The van der Waals surface area contributed by atoms with E-state index in [9.17, 15) is 9.59 Å². The Balaban J connectivity index is 1.70. The summed E-state index contributed by atoms with van der Waals surface area (Å²) in [6.45, 7) is 4.39.